The van der Waals surface area contributed by atoms with Crippen molar-refractivity contribution in [3.63, 3.8) is 0 Å². The van der Waals surface area contributed by atoms with Crippen LogP contribution in [0.2, 0.25) is 0 Å². The molecule has 0 amide bonds. The molecule has 4 nitrogen and oxygen atoms in total. The molecule has 0 saturated carbocycles. The number of carboxylic acid groups (broad SMARTS) is 1. The molecule has 6 heteroatoms. The second-order valence-electron chi connectivity index (χ2n) is 2.89. The number of carboxylic acids is 1. The van der Waals surface area contributed by atoms with Crippen molar-refractivity contribution in [2.45, 2.75) is 6.04 Å². The van der Waals surface area contributed by atoms with Crippen molar-refractivity contribution in [1.29, 1.82) is 0 Å². The number of nitrogens with zero attached hydrogens (tertiary/aromatic N) is 1. The fourth-order valence-corrected chi connectivity index (χ4v) is 3.16. The van der Waals surface area contributed by atoms with Crippen molar-refractivity contribution in [3.05, 3.63) is 0 Å². The van der Waals surface area contributed by atoms with Gasteiger partial charge in [-0.2, -0.15) is 0 Å². The summed E-state index contributed by atoms with van der Waals surface area (Å²) in [5, 5.41) is 8.62. The van der Waals surface area contributed by atoms with Crippen molar-refractivity contribution in [2.24, 2.45) is 5.73 Å². The van der Waals surface area contributed by atoms with Crippen molar-refractivity contribution >= 4 is 27.6 Å². The van der Waals surface area contributed by atoms with E-state index in [0.29, 0.717) is 6.54 Å². The second-order valence-corrected chi connectivity index (χ2v) is 5.59. The third-order valence-corrected chi connectivity index (χ3v) is 4.20. The van der Waals surface area contributed by atoms with E-state index in [1.54, 1.807) is 0 Å². The van der Waals surface area contributed by atoms with Gasteiger partial charge in [0.15, 0.2) is 0 Å². The van der Waals surface area contributed by atoms with Gasteiger partial charge in [-0.15, -0.1) is 0 Å². The predicted octanol–water partition coefficient (Wildman–Crippen LogP) is 0.0953. The van der Waals surface area contributed by atoms with Gasteiger partial charge in [-0.05, 0) is 0 Å². The largest absolute Gasteiger partial charge is 0.480 e. The fourth-order valence-electron chi connectivity index (χ4n) is 1.10. The molecule has 1 saturated heterocycles. The smallest absolute Gasteiger partial charge is 0.321 e. The van der Waals surface area contributed by atoms with Crippen LogP contribution < -0.4 is 5.73 Å². The van der Waals surface area contributed by atoms with E-state index in [-0.39, 0.29) is 0 Å². The van der Waals surface area contributed by atoms with Gasteiger partial charge in [0.1, 0.15) is 6.04 Å². The first kappa shape index (κ1) is 11.2. The van der Waals surface area contributed by atoms with Crippen LogP contribution in [-0.4, -0.2) is 53.2 Å². The summed E-state index contributed by atoms with van der Waals surface area (Å²) in [6.45, 7) is 2.35. The summed E-state index contributed by atoms with van der Waals surface area (Å²) in [4.78, 5) is 12.6. The Kier molecular flexibility index (Phi) is 4.93. The molecule has 0 radical (unpaired) electrons. The van der Waals surface area contributed by atoms with Gasteiger partial charge in [0, 0.05) is 31.1 Å². The molecule has 1 unspecified atom stereocenters. The lowest BCUT2D eigenvalue weighted by molar-refractivity contribution is -0.138. The summed E-state index contributed by atoms with van der Waals surface area (Å²) in [6.07, 6.45) is 0. The Morgan fingerprint density at radius 2 is 2.00 bits per heavy atom. The Balaban J connectivity index is 2.29. The van der Waals surface area contributed by atoms with Crippen LogP contribution in [0.4, 0.5) is 0 Å². The third-order valence-electron chi connectivity index (χ3n) is 1.84. The highest BCUT2D eigenvalue weighted by Crippen LogP contribution is 2.23. The molecule has 76 valence electrons. The summed E-state index contributed by atoms with van der Waals surface area (Å²) in [6, 6.07) is -0.743. The molecular formula is C7H14N2O2S2. The van der Waals surface area contributed by atoms with E-state index in [2.05, 4.69) is 4.90 Å². The number of hydrogen-bond donors (Lipinski definition) is 2. The van der Waals surface area contributed by atoms with Crippen LogP contribution in [0.1, 0.15) is 0 Å². The predicted molar refractivity (Wildman–Crippen MR) is 57.0 cm³/mol. The average molecular weight is 222 g/mol. The zero-order chi connectivity index (χ0) is 9.68. The molecule has 0 aliphatic carbocycles. The van der Waals surface area contributed by atoms with Crippen molar-refractivity contribution < 1.29 is 9.90 Å². The Labute approximate surface area is 85.6 Å². The second kappa shape index (κ2) is 5.74. The number of hydrogen-bond acceptors (Lipinski definition) is 5. The van der Waals surface area contributed by atoms with Crippen LogP contribution in [-0.2, 0) is 4.79 Å². The van der Waals surface area contributed by atoms with E-state index in [9.17, 15) is 4.79 Å². The summed E-state index contributed by atoms with van der Waals surface area (Å²) >= 11 is 0. The lowest BCUT2D eigenvalue weighted by Crippen LogP contribution is -2.43. The Morgan fingerprint density at radius 1 is 1.46 bits per heavy atom. The topological polar surface area (TPSA) is 66.6 Å². The molecule has 0 bridgehead atoms. The van der Waals surface area contributed by atoms with Crippen LogP contribution in [0.5, 0.6) is 0 Å². The normalized spacial score (nSPS) is 22.2. The fraction of sp³-hybridized carbons (Fsp3) is 0.857. The van der Waals surface area contributed by atoms with Gasteiger partial charge in [-0.3, -0.25) is 9.69 Å². The molecule has 1 atom stereocenters. The van der Waals surface area contributed by atoms with Crippen molar-refractivity contribution in [3.8, 4) is 0 Å². The summed E-state index contributed by atoms with van der Waals surface area (Å²) in [7, 11) is 3.68. The first-order chi connectivity index (χ1) is 6.20. The first-order valence-electron chi connectivity index (χ1n) is 4.15. The van der Waals surface area contributed by atoms with Crippen LogP contribution in [0.25, 0.3) is 0 Å². The molecule has 0 aromatic carbocycles. The number of nitrogens with two attached hydrogens (primary N) is 1. The Hall–Kier alpha value is 0.0900. The highest BCUT2D eigenvalue weighted by molar-refractivity contribution is 8.76. The quantitative estimate of drug-likeness (QED) is 0.660. The zero-order valence-electron chi connectivity index (χ0n) is 7.31. The van der Waals surface area contributed by atoms with Gasteiger partial charge in [-0.1, -0.05) is 21.6 Å². The van der Waals surface area contributed by atoms with Crippen molar-refractivity contribution in [2.75, 3.05) is 31.1 Å². The van der Waals surface area contributed by atoms with Crippen LogP contribution >= 0.6 is 21.6 Å². The molecule has 1 aliphatic heterocycles. The molecule has 0 spiro atoms. The number of rotatable bonds is 3. The minimum absolute atomic E-state index is 0.469. The molecule has 3 N–H and O–H groups in total. The summed E-state index contributed by atoms with van der Waals surface area (Å²) < 4.78 is 0. The van der Waals surface area contributed by atoms with E-state index >= 15 is 0 Å². The lowest BCUT2D eigenvalue weighted by atomic mass is 10.3. The molecule has 0 aromatic rings. The van der Waals surface area contributed by atoms with Crippen LogP contribution in [0.3, 0.4) is 0 Å². The highest BCUT2D eigenvalue weighted by atomic mass is 33.1. The van der Waals surface area contributed by atoms with Gasteiger partial charge < -0.3 is 10.8 Å². The van der Waals surface area contributed by atoms with E-state index in [1.165, 1.54) is 0 Å². The standard InChI is InChI=1S/C7H14N2O2S2/c8-6(7(10)11)5-9-1-3-12-13-4-2-9/h6H,1-5,8H2,(H,10,11). The van der Waals surface area contributed by atoms with Gasteiger partial charge in [0.25, 0.3) is 0 Å². The van der Waals surface area contributed by atoms with Crippen molar-refractivity contribution in [1.82, 2.24) is 4.90 Å². The molecule has 1 aliphatic rings. The number of carbonyl (C=O) groups is 1. The molecule has 1 fully saturated rings. The molecule has 0 aromatic heterocycles. The minimum atomic E-state index is -0.912. The highest BCUT2D eigenvalue weighted by Gasteiger charge is 2.17. The van der Waals surface area contributed by atoms with Gasteiger partial charge in [0.2, 0.25) is 0 Å². The minimum Gasteiger partial charge on any atom is -0.480 e. The monoisotopic (exact) mass is 222 g/mol. The Bertz CT molecular complexity index is 172. The van der Waals surface area contributed by atoms with Crippen LogP contribution in [0, 0.1) is 0 Å². The van der Waals surface area contributed by atoms with Gasteiger partial charge in [0.05, 0.1) is 0 Å². The van der Waals surface area contributed by atoms with E-state index < -0.39 is 12.0 Å². The summed E-state index contributed by atoms with van der Waals surface area (Å²) in [5.74, 6) is 1.19. The van der Waals surface area contributed by atoms with Crippen LogP contribution in [0.15, 0.2) is 0 Å². The zero-order valence-corrected chi connectivity index (χ0v) is 8.94. The maximum Gasteiger partial charge on any atom is 0.321 e. The molecule has 1 rings (SSSR count). The number of aliphatic carboxylic acids is 1. The SMILES string of the molecule is NC(CN1CCSSCC1)C(=O)O. The first-order valence-corrected chi connectivity index (χ1v) is 6.64. The molecule has 13 heavy (non-hydrogen) atoms. The van der Waals surface area contributed by atoms with Gasteiger partial charge >= 0.3 is 5.97 Å². The maximum absolute atomic E-state index is 10.5. The summed E-state index contributed by atoms with van der Waals surface area (Å²) in [5.41, 5.74) is 5.44. The van der Waals surface area contributed by atoms with E-state index in [4.69, 9.17) is 10.8 Å². The maximum atomic E-state index is 10.5. The molecular weight excluding hydrogens is 208 g/mol. The van der Waals surface area contributed by atoms with Gasteiger partial charge in [-0.25, -0.2) is 0 Å². The molecule has 1 heterocycles. The third kappa shape index (κ3) is 4.21. The lowest BCUT2D eigenvalue weighted by Gasteiger charge is -2.20. The average Bonchev–Trinajstić information content (AvgIpc) is 2.32. The van der Waals surface area contributed by atoms with E-state index in [1.807, 2.05) is 21.6 Å². The Morgan fingerprint density at radius 3 is 2.46 bits per heavy atom. The van der Waals surface area contributed by atoms with E-state index in [0.717, 1.165) is 24.6 Å².